The van der Waals surface area contributed by atoms with Crippen LogP contribution in [-0.2, 0) is 4.74 Å². The Hall–Kier alpha value is -1.84. The van der Waals surface area contributed by atoms with Crippen LogP contribution >= 0.6 is 0 Å². The molecule has 0 bridgehead atoms. The van der Waals surface area contributed by atoms with Crippen LogP contribution in [0, 0.1) is 0 Å². The van der Waals surface area contributed by atoms with Gasteiger partial charge in [0, 0.05) is 0 Å². The number of carboxylic acids is 1. The van der Waals surface area contributed by atoms with Crippen LogP contribution in [0.4, 0.5) is 0 Å². The highest BCUT2D eigenvalue weighted by Crippen LogP contribution is 2.14. The Bertz CT molecular complexity index is 497. The molecule has 4 heteroatoms. The Kier molecular flexibility index (Phi) is 6.08. The first-order chi connectivity index (χ1) is 9.87. The van der Waals surface area contributed by atoms with Crippen LogP contribution in [-0.4, -0.2) is 23.1 Å². The number of rotatable bonds is 8. The Morgan fingerprint density at radius 2 is 1.90 bits per heavy atom. The molecule has 110 valence electrons. The number of esters is 1. The number of hydrogen-bond acceptors (Lipinski definition) is 3. The second-order valence-electron chi connectivity index (χ2n) is 4.75. The van der Waals surface area contributed by atoms with Gasteiger partial charge in [-0.2, -0.15) is 0 Å². The summed E-state index contributed by atoms with van der Waals surface area (Å²) in [5.74, 6) is -1.95. The number of benzene rings is 1. The lowest BCUT2D eigenvalue weighted by atomic mass is 10.1. The molecule has 0 aliphatic carbocycles. The Balaban J connectivity index is 2.69. The topological polar surface area (TPSA) is 63.6 Å². The maximum Gasteiger partial charge on any atom is 0.339 e. The van der Waals surface area contributed by atoms with Gasteiger partial charge < -0.3 is 9.84 Å². The minimum atomic E-state index is -1.34. The van der Waals surface area contributed by atoms with E-state index in [0.29, 0.717) is 6.42 Å². The summed E-state index contributed by atoms with van der Waals surface area (Å²) in [5.41, 5.74) is -0.124. The molecule has 1 aromatic rings. The van der Waals surface area contributed by atoms with Crippen molar-refractivity contribution in [1.29, 1.82) is 0 Å². The number of hydrogen-bond donors (Lipinski definition) is 1. The zero-order valence-electron chi connectivity index (χ0n) is 13.0. The molecule has 0 aromatic heterocycles. The van der Waals surface area contributed by atoms with Crippen LogP contribution in [0.5, 0.6) is 0 Å². The molecule has 0 aliphatic heterocycles. The van der Waals surface area contributed by atoms with Gasteiger partial charge in [0.1, 0.15) is 0 Å². The number of carbonyl (C=O) groups is 2. The van der Waals surface area contributed by atoms with Crippen LogP contribution < -0.4 is 0 Å². The monoisotopic (exact) mass is 279 g/mol. The van der Waals surface area contributed by atoms with E-state index in [1.165, 1.54) is 19.1 Å². The van der Waals surface area contributed by atoms with Gasteiger partial charge >= 0.3 is 11.9 Å². The zero-order chi connectivity index (χ0) is 15.9. The van der Waals surface area contributed by atoms with Crippen molar-refractivity contribution < 1.29 is 20.8 Å². The number of aromatic carboxylic acids is 1. The molecule has 1 aromatic carbocycles. The molecule has 0 spiro atoms. The molecule has 20 heavy (non-hydrogen) atoms. The first kappa shape index (κ1) is 14.6. The van der Waals surface area contributed by atoms with Gasteiger partial charge in [-0.3, -0.25) is 0 Å². The summed E-state index contributed by atoms with van der Waals surface area (Å²) in [6, 6.07) is 5.87. The lowest BCUT2D eigenvalue weighted by Crippen LogP contribution is -2.17. The second kappa shape index (κ2) is 8.35. The third kappa shape index (κ3) is 5.03. The molecule has 0 saturated carbocycles. The Morgan fingerprint density at radius 1 is 1.25 bits per heavy atom. The summed E-state index contributed by atoms with van der Waals surface area (Å²) in [4.78, 5) is 23.1. The van der Waals surface area contributed by atoms with E-state index >= 15 is 0 Å². The van der Waals surface area contributed by atoms with Crippen LogP contribution in [0.1, 0.15) is 68.0 Å². The summed E-state index contributed by atoms with van der Waals surface area (Å²) in [6.45, 7) is 3.63. The first-order valence-electron chi connectivity index (χ1n) is 7.43. The number of carbonyl (C=O) groups excluding carboxylic acids is 1. The van der Waals surface area contributed by atoms with Crippen LogP contribution in [0.2, 0.25) is 0 Å². The van der Waals surface area contributed by atoms with E-state index in [0.717, 1.165) is 25.7 Å². The number of ether oxygens (including phenoxy) is 1. The quantitative estimate of drug-likeness (QED) is 0.579. The van der Waals surface area contributed by atoms with E-state index in [4.69, 9.17) is 11.2 Å². The number of carboxylic acid groups (broad SMARTS) is 1. The van der Waals surface area contributed by atoms with Gasteiger partial charge in [0.2, 0.25) is 0 Å². The maximum absolute atomic E-state index is 12.1. The van der Waals surface area contributed by atoms with Gasteiger partial charge in [0.25, 0.3) is 0 Å². The molecule has 1 unspecified atom stereocenters. The van der Waals surface area contributed by atoms with E-state index in [-0.39, 0.29) is 11.1 Å². The van der Waals surface area contributed by atoms with E-state index in [1.54, 1.807) is 12.1 Å². The highest BCUT2D eigenvalue weighted by molar-refractivity contribution is 6.02. The second-order valence-corrected chi connectivity index (χ2v) is 4.75. The molecule has 0 fully saturated rings. The van der Waals surface area contributed by atoms with E-state index < -0.39 is 18.0 Å². The lowest BCUT2D eigenvalue weighted by Gasteiger charge is -2.14. The molecule has 0 heterocycles. The predicted molar refractivity (Wildman–Crippen MR) is 77.0 cm³/mol. The van der Waals surface area contributed by atoms with Crippen LogP contribution in [0.15, 0.2) is 24.3 Å². The van der Waals surface area contributed by atoms with Crippen molar-refractivity contribution in [3.63, 3.8) is 0 Å². The predicted octanol–water partition coefficient (Wildman–Crippen LogP) is 3.90. The van der Waals surface area contributed by atoms with E-state index in [2.05, 4.69) is 6.92 Å². The normalized spacial score (nSPS) is 14.2. The van der Waals surface area contributed by atoms with Crippen molar-refractivity contribution in [2.24, 2.45) is 0 Å². The first-order valence-corrected chi connectivity index (χ1v) is 6.93. The summed E-state index contributed by atoms with van der Waals surface area (Å²) < 4.78 is 13.2. The fourth-order valence-electron chi connectivity index (χ4n) is 1.91. The molecule has 4 nitrogen and oxygen atoms in total. The van der Waals surface area contributed by atoms with Gasteiger partial charge in [-0.05, 0) is 31.9 Å². The maximum atomic E-state index is 12.1. The fraction of sp³-hybridized carbons (Fsp3) is 0.500. The number of unbranched alkanes of at least 4 members (excludes halogenated alkanes) is 3. The van der Waals surface area contributed by atoms with Crippen LogP contribution in [0.3, 0.4) is 0 Å². The van der Waals surface area contributed by atoms with Crippen molar-refractivity contribution in [2.45, 2.75) is 52.0 Å². The standard InChI is InChI=1S/C16H22O4/c1-3-4-5-6-9-12(2)20-16(19)14-11-8-7-10-13(14)15(17)18/h7-8,10-12H,3-6,9H2,1-2H3,(H,17,18)/i12D. The molecular formula is C16H22O4. The van der Waals surface area contributed by atoms with Crippen molar-refractivity contribution in [3.8, 4) is 0 Å². The Morgan fingerprint density at radius 3 is 2.50 bits per heavy atom. The summed E-state index contributed by atoms with van der Waals surface area (Å²) >= 11 is 0. The van der Waals surface area contributed by atoms with Crippen LogP contribution in [0.25, 0.3) is 0 Å². The lowest BCUT2D eigenvalue weighted by molar-refractivity contribution is 0.0313. The van der Waals surface area contributed by atoms with Crippen molar-refractivity contribution in [1.82, 2.24) is 0 Å². The third-order valence-corrected chi connectivity index (χ3v) is 3.03. The van der Waals surface area contributed by atoms with Gasteiger partial charge in [-0.15, -0.1) is 0 Å². The molecule has 0 saturated heterocycles. The minimum Gasteiger partial charge on any atom is -0.478 e. The van der Waals surface area contributed by atoms with E-state index in [1.807, 2.05) is 0 Å². The Labute approximate surface area is 121 Å². The third-order valence-electron chi connectivity index (χ3n) is 3.03. The van der Waals surface area contributed by atoms with Gasteiger partial charge in [-0.1, -0.05) is 38.3 Å². The largest absolute Gasteiger partial charge is 0.478 e. The van der Waals surface area contributed by atoms with Gasteiger partial charge in [0.15, 0.2) is 0 Å². The van der Waals surface area contributed by atoms with Gasteiger partial charge in [-0.25, -0.2) is 9.59 Å². The average molecular weight is 279 g/mol. The average Bonchev–Trinajstić information content (AvgIpc) is 2.43. The minimum absolute atomic E-state index is 0.0166. The molecule has 0 radical (unpaired) electrons. The zero-order valence-corrected chi connectivity index (χ0v) is 12.0. The van der Waals surface area contributed by atoms with Gasteiger partial charge in [0.05, 0.1) is 18.6 Å². The summed E-state index contributed by atoms with van der Waals surface area (Å²) in [6.07, 6.45) is 3.09. The summed E-state index contributed by atoms with van der Waals surface area (Å²) in [5, 5.41) is 9.06. The highest BCUT2D eigenvalue weighted by atomic mass is 16.5. The molecule has 1 rings (SSSR count). The van der Waals surface area contributed by atoms with Crippen molar-refractivity contribution >= 4 is 11.9 Å². The van der Waals surface area contributed by atoms with Crippen molar-refractivity contribution in [2.75, 3.05) is 0 Å². The highest BCUT2D eigenvalue weighted by Gasteiger charge is 2.18. The molecule has 1 N–H and O–H groups in total. The molecule has 0 aliphatic rings. The fourth-order valence-corrected chi connectivity index (χ4v) is 1.91. The SMILES string of the molecule is [2H]C(C)(CCCCCC)OC(=O)c1ccccc1C(=O)O. The summed E-state index contributed by atoms with van der Waals surface area (Å²) in [7, 11) is 0. The van der Waals surface area contributed by atoms with E-state index in [9.17, 15) is 9.59 Å². The molecular weight excluding hydrogens is 256 g/mol. The van der Waals surface area contributed by atoms with Crippen molar-refractivity contribution in [3.05, 3.63) is 35.4 Å². The smallest absolute Gasteiger partial charge is 0.339 e. The molecule has 1 atom stereocenters. The molecule has 0 amide bonds.